The van der Waals surface area contributed by atoms with E-state index in [-0.39, 0.29) is 6.29 Å². The van der Waals surface area contributed by atoms with Crippen molar-refractivity contribution in [3.05, 3.63) is 71.3 Å². The zero-order valence-corrected chi connectivity index (χ0v) is 12.3. The number of benzene rings is 2. The van der Waals surface area contributed by atoms with Gasteiger partial charge in [0.25, 0.3) is 0 Å². The predicted molar refractivity (Wildman–Crippen MR) is 84.1 cm³/mol. The maximum absolute atomic E-state index is 5.85. The second-order valence-electron chi connectivity index (χ2n) is 5.59. The fourth-order valence-corrected chi connectivity index (χ4v) is 2.69. The number of ether oxygens (including phenoxy) is 2. The molecule has 1 aliphatic heterocycles. The largest absolute Gasteiger partial charge is 0.353 e. The Balaban J connectivity index is 1.57. The van der Waals surface area contributed by atoms with Crippen LogP contribution >= 0.6 is 0 Å². The molecule has 0 spiro atoms. The van der Waals surface area contributed by atoms with Gasteiger partial charge in [-0.3, -0.25) is 0 Å². The van der Waals surface area contributed by atoms with Crippen LogP contribution in [0, 0.1) is 0 Å². The van der Waals surface area contributed by atoms with E-state index in [2.05, 4.69) is 54.6 Å². The lowest BCUT2D eigenvalue weighted by Crippen LogP contribution is -2.22. The fourth-order valence-electron chi connectivity index (χ4n) is 2.69. The molecular formula is C19H22O2. The molecule has 0 bridgehead atoms. The van der Waals surface area contributed by atoms with E-state index in [1.54, 1.807) is 0 Å². The molecule has 0 radical (unpaired) electrons. The predicted octanol–water partition coefficient (Wildman–Crippen LogP) is 4.32. The Morgan fingerprint density at radius 3 is 2.52 bits per heavy atom. The van der Waals surface area contributed by atoms with Crippen LogP contribution in [0.1, 0.15) is 36.0 Å². The van der Waals surface area contributed by atoms with E-state index in [0.717, 1.165) is 25.9 Å². The van der Waals surface area contributed by atoms with Gasteiger partial charge in [-0.1, -0.05) is 54.6 Å². The summed E-state index contributed by atoms with van der Waals surface area (Å²) in [7, 11) is 0. The average Bonchev–Trinajstić information content (AvgIpc) is 2.55. The molecule has 1 heterocycles. The topological polar surface area (TPSA) is 18.5 Å². The van der Waals surface area contributed by atoms with Gasteiger partial charge in [-0.15, -0.1) is 0 Å². The zero-order valence-electron chi connectivity index (χ0n) is 12.3. The van der Waals surface area contributed by atoms with Crippen molar-refractivity contribution in [2.75, 3.05) is 6.61 Å². The summed E-state index contributed by atoms with van der Waals surface area (Å²) in [5.41, 5.74) is 3.88. The molecule has 1 fully saturated rings. The molecule has 21 heavy (non-hydrogen) atoms. The van der Waals surface area contributed by atoms with Crippen molar-refractivity contribution >= 4 is 0 Å². The number of hydrogen-bond acceptors (Lipinski definition) is 2. The summed E-state index contributed by atoms with van der Waals surface area (Å²) in [5.74, 6) is 0. The molecule has 0 saturated carbocycles. The van der Waals surface area contributed by atoms with Crippen molar-refractivity contribution in [2.45, 2.75) is 38.6 Å². The molecule has 1 atom stereocenters. The van der Waals surface area contributed by atoms with E-state index < -0.39 is 0 Å². The summed E-state index contributed by atoms with van der Waals surface area (Å²) >= 11 is 0. The van der Waals surface area contributed by atoms with Gasteiger partial charge in [-0.2, -0.15) is 0 Å². The summed E-state index contributed by atoms with van der Waals surface area (Å²) in [6.45, 7) is 1.46. The second-order valence-corrected chi connectivity index (χ2v) is 5.59. The van der Waals surface area contributed by atoms with Gasteiger partial charge in [0, 0.05) is 6.61 Å². The van der Waals surface area contributed by atoms with Crippen LogP contribution in [0.15, 0.2) is 54.6 Å². The Kier molecular flexibility index (Phi) is 5.03. The molecule has 0 amide bonds. The normalized spacial score (nSPS) is 18.6. The van der Waals surface area contributed by atoms with Gasteiger partial charge >= 0.3 is 0 Å². The first-order valence-electron chi connectivity index (χ1n) is 7.75. The molecule has 3 rings (SSSR count). The molecule has 2 aromatic carbocycles. The molecule has 0 aromatic heterocycles. The van der Waals surface area contributed by atoms with Crippen LogP contribution in [0.4, 0.5) is 0 Å². The van der Waals surface area contributed by atoms with Gasteiger partial charge in [0.2, 0.25) is 0 Å². The van der Waals surface area contributed by atoms with Crippen molar-refractivity contribution in [1.82, 2.24) is 0 Å². The summed E-state index contributed by atoms with van der Waals surface area (Å²) in [5, 5.41) is 0. The first kappa shape index (κ1) is 14.3. The van der Waals surface area contributed by atoms with Crippen molar-refractivity contribution in [3.8, 4) is 0 Å². The molecule has 1 unspecified atom stereocenters. The Labute approximate surface area is 126 Å². The van der Waals surface area contributed by atoms with E-state index in [9.17, 15) is 0 Å². The summed E-state index contributed by atoms with van der Waals surface area (Å²) in [6.07, 6.45) is 4.33. The summed E-state index contributed by atoms with van der Waals surface area (Å²) < 4.78 is 11.5. The highest BCUT2D eigenvalue weighted by atomic mass is 16.7. The zero-order chi connectivity index (χ0) is 14.3. The molecule has 1 saturated heterocycles. The molecule has 2 heteroatoms. The van der Waals surface area contributed by atoms with Gasteiger partial charge in [0.1, 0.15) is 0 Å². The van der Waals surface area contributed by atoms with Gasteiger partial charge in [-0.05, 0) is 42.4 Å². The monoisotopic (exact) mass is 282 g/mol. The van der Waals surface area contributed by atoms with Gasteiger partial charge in [0.15, 0.2) is 6.29 Å². The van der Waals surface area contributed by atoms with E-state index in [4.69, 9.17) is 9.47 Å². The molecule has 0 N–H and O–H groups in total. The molecule has 110 valence electrons. The smallest absolute Gasteiger partial charge is 0.158 e. The van der Waals surface area contributed by atoms with E-state index in [0.29, 0.717) is 6.61 Å². The SMILES string of the molecule is c1ccc(Cc2cccc(COC3CCCCO3)c2)cc1. The highest BCUT2D eigenvalue weighted by Gasteiger charge is 2.13. The fraction of sp³-hybridized carbons (Fsp3) is 0.368. The van der Waals surface area contributed by atoms with Crippen LogP contribution in [0.25, 0.3) is 0 Å². The molecule has 0 aliphatic carbocycles. The maximum atomic E-state index is 5.85. The molecular weight excluding hydrogens is 260 g/mol. The van der Waals surface area contributed by atoms with Crippen LogP contribution in [0.5, 0.6) is 0 Å². The van der Waals surface area contributed by atoms with Crippen LogP contribution in [-0.4, -0.2) is 12.9 Å². The first-order chi connectivity index (χ1) is 10.4. The van der Waals surface area contributed by atoms with Gasteiger partial charge in [-0.25, -0.2) is 0 Å². The van der Waals surface area contributed by atoms with Crippen molar-refractivity contribution in [3.63, 3.8) is 0 Å². The van der Waals surface area contributed by atoms with Crippen LogP contribution in [0.2, 0.25) is 0 Å². The van der Waals surface area contributed by atoms with Crippen molar-refractivity contribution in [1.29, 1.82) is 0 Å². The summed E-state index contributed by atoms with van der Waals surface area (Å²) in [6, 6.07) is 19.2. The Hall–Kier alpha value is -1.64. The van der Waals surface area contributed by atoms with Crippen LogP contribution in [0.3, 0.4) is 0 Å². The molecule has 1 aliphatic rings. The lowest BCUT2D eigenvalue weighted by molar-refractivity contribution is -0.168. The third kappa shape index (κ3) is 4.42. The highest BCUT2D eigenvalue weighted by Crippen LogP contribution is 2.17. The minimum atomic E-state index is -0.0171. The van der Waals surface area contributed by atoms with E-state index in [1.165, 1.54) is 23.1 Å². The highest BCUT2D eigenvalue weighted by molar-refractivity contribution is 5.29. The summed E-state index contributed by atoms with van der Waals surface area (Å²) in [4.78, 5) is 0. The number of hydrogen-bond donors (Lipinski definition) is 0. The van der Waals surface area contributed by atoms with Crippen LogP contribution in [-0.2, 0) is 22.5 Å². The van der Waals surface area contributed by atoms with Crippen molar-refractivity contribution in [2.24, 2.45) is 0 Å². The van der Waals surface area contributed by atoms with Crippen molar-refractivity contribution < 1.29 is 9.47 Å². The van der Waals surface area contributed by atoms with E-state index in [1.807, 2.05) is 0 Å². The Bertz CT molecular complexity index is 545. The second kappa shape index (κ2) is 7.39. The first-order valence-corrected chi connectivity index (χ1v) is 7.75. The maximum Gasteiger partial charge on any atom is 0.158 e. The minimum absolute atomic E-state index is 0.0171. The third-order valence-electron chi connectivity index (χ3n) is 3.82. The molecule has 2 aromatic rings. The minimum Gasteiger partial charge on any atom is -0.353 e. The standard InChI is InChI=1S/C19H22O2/c1-2-7-16(8-3-1)13-17-9-6-10-18(14-17)15-21-19-11-4-5-12-20-19/h1-3,6-10,14,19H,4-5,11-13,15H2. The molecule has 2 nitrogen and oxygen atoms in total. The van der Waals surface area contributed by atoms with Gasteiger partial charge in [0.05, 0.1) is 6.61 Å². The van der Waals surface area contributed by atoms with Gasteiger partial charge < -0.3 is 9.47 Å². The van der Waals surface area contributed by atoms with E-state index >= 15 is 0 Å². The Morgan fingerprint density at radius 1 is 0.905 bits per heavy atom. The lowest BCUT2D eigenvalue weighted by atomic mass is 10.0. The average molecular weight is 282 g/mol. The van der Waals surface area contributed by atoms with Crippen LogP contribution < -0.4 is 0 Å². The Morgan fingerprint density at radius 2 is 1.71 bits per heavy atom. The number of rotatable bonds is 5. The third-order valence-corrected chi connectivity index (χ3v) is 3.82. The lowest BCUT2D eigenvalue weighted by Gasteiger charge is -2.22. The quantitative estimate of drug-likeness (QED) is 0.813.